The summed E-state index contributed by atoms with van der Waals surface area (Å²) in [7, 11) is 0. The molecule has 3 heteroatoms. The highest BCUT2D eigenvalue weighted by Gasteiger charge is 2.28. The Labute approximate surface area is 106 Å². The van der Waals surface area contributed by atoms with Gasteiger partial charge in [-0.25, -0.2) is 0 Å². The van der Waals surface area contributed by atoms with Crippen molar-refractivity contribution in [3.8, 4) is 0 Å². The number of para-hydroxylation sites is 1. The summed E-state index contributed by atoms with van der Waals surface area (Å²) in [5, 5.41) is 1.56. The van der Waals surface area contributed by atoms with E-state index in [1.807, 2.05) is 39.0 Å². The van der Waals surface area contributed by atoms with E-state index in [9.17, 15) is 4.79 Å². The van der Waals surface area contributed by atoms with E-state index in [4.69, 9.17) is 11.6 Å². The molecule has 0 fully saturated rings. The molecule has 0 atom stereocenters. The molecule has 0 amide bonds. The van der Waals surface area contributed by atoms with Crippen LogP contribution >= 0.6 is 11.6 Å². The summed E-state index contributed by atoms with van der Waals surface area (Å²) in [5.41, 5.74) is 1.23. The Bertz CT molecular complexity index is 569. The molecule has 0 aliphatic rings. The number of H-pyrrole nitrogens is 1. The first kappa shape index (κ1) is 12.2. The van der Waals surface area contributed by atoms with E-state index >= 15 is 0 Å². The Kier molecular flexibility index (Phi) is 3.00. The molecule has 90 valence electrons. The zero-order chi connectivity index (χ0) is 12.6. The third-order valence-corrected chi connectivity index (χ3v) is 3.72. The summed E-state index contributed by atoms with van der Waals surface area (Å²) < 4.78 is 0. The summed E-state index contributed by atoms with van der Waals surface area (Å²) in [6.45, 7) is 5.97. The van der Waals surface area contributed by atoms with Crippen molar-refractivity contribution < 1.29 is 4.79 Å². The summed E-state index contributed by atoms with van der Waals surface area (Å²) in [5.74, 6) is 0.161. The van der Waals surface area contributed by atoms with Crippen LogP contribution in [0, 0.1) is 5.41 Å². The number of fused-ring (bicyclic) bond motifs is 1. The van der Waals surface area contributed by atoms with E-state index < -0.39 is 0 Å². The second-order valence-electron chi connectivity index (χ2n) is 4.93. The van der Waals surface area contributed by atoms with Crippen molar-refractivity contribution in [3.63, 3.8) is 0 Å². The molecule has 2 rings (SSSR count). The first-order chi connectivity index (χ1) is 7.97. The lowest BCUT2D eigenvalue weighted by atomic mass is 9.82. The number of Topliss-reactive ketones (excluding diaryl/α,β-unsaturated/α-hetero) is 1. The Balaban J connectivity index is 2.58. The van der Waals surface area contributed by atoms with Crippen molar-refractivity contribution in [3.05, 3.63) is 35.0 Å². The highest BCUT2D eigenvalue weighted by Crippen LogP contribution is 2.31. The standard InChI is InChI=1S/C14H16ClNO/c1-4-14(2,3)13(17)10-8-16-12-9(10)6-5-7-11(12)15/h5-8,16H,4H2,1-3H3. The fourth-order valence-electron chi connectivity index (χ4n) is 1.83. The smallest absolute Gasteiger partial charge is 0.170 e. The average Bonchev–Trinajstić information content (AvgIpc) is 2.73. The highest BCUT2D eigenvalue weighted by molar-refractivity contribution is 6.35. The molecule has 1 N–H and O–H groups in total. The molecule has 2 nitrogen and oxygen atoms in total. The fraction of sp³-hybridized carbons (Fsp3) is 0.357. The molecule has 0 bridgehead atoms. The second kappa shape index (κ2) is 4.19. The molecule has 0 radical (unpaired) electrons. The van der Waals surface area contributed by atoms with Gasteiger partial charge in [-0.1, -0.05) is 44.5 Å². The number of carbonyl (C=O) groups is 1. The highest BCUT2D eigenvalue weighted by atomic mass is 35.5. The molecule has 1 aromatic heterocycles. The number of ketones is 1. The first-order valence-corrected chi connectivity index (χ1v) is 6.15. The van der Waals surface area contributed by atoms with Crippen LogP contribution in [0.1, 0.15) is 37.6 Å². The topological polar surface area (TPSA) is 32.9 Å². The van der Waals surface area contributed by atoms with Gasteiger partial charge in [-0.2, -0.15) is 0 Å². The normalized spacial score (nSPS) is 12.0. The number of benzene rings is 1. The average molecular weight is 250 g/mol. The fourth-order valence-corrected chi connectivity index (χ4v) is 2.06. The molecule has 2 aromatic rings. The molecule has 0 aliphatic heterocycles. The van der Waals surface area contributed by atoms with E-state index in [2.05, 4.69) is 4.98 Å². The summed E-state index contributed by atoms with van der Waals surface area (Å²) >= 11 is 6.08. The van der Waals surface area contributed by atoms with Crippen molar-refractivity contribution in [2.45, 2.75) is 27.2 Å². The van der Waals surface area contributed by atoms with Crippen LogP contribution in [0.5, 0.6) is 0 Å². The van der Waals surface area contributed by atoms with Gasteiger partial charge in [0.15, 0.2) is 5.78 Å². The summed E-state index contributed by atoms with van der Waals surface area (Å²) in [4.78, 5) is 15.5. The predicted molar refractivity (Wildman–Crippen MR) is 71.7 cm³/mol. The minimum Gasteiger partial charge on any atom is -0.359 e. The monoisotopic (exact) mass is 249 g/mol. The third kappa shape index (κ3) is 1.98. The summed E-state index contributed by atoms with van der Waals surface area (Å²) in [6.07, 6.45) is 2.58. The number of halogens is 1. The van der Waals surface area contributed by atoms with E-state index in [1.165, 1.54) is 0 Å². The molecule has 0 saturated heterocycles. The van der Waals surface area contributed by atoms with Crippen LogP contribution < -0.4 is 0 Å². The predicted octanol–water partition coefficient (Wildman–Crippen LogP) is 4.44. The lowest BCUT2D eigenvalue weighted by Crippen LogP contribution is -2.23. The molecule has 0 aliphatic carbocycles. The number of rotatable bonds is 3. The van der Waals surface area contributed by atoms with Crippen molar-refractivity contribution in [2.75, 3.05) is 0 Å². The second-order valence-corrected chi connectivity index (χ2v) is 5.34. The van der Waals surface area contributed by atoms with Crippen LogP contribution in [0.15, 0.2) is 24.4 Å². The van der Waals surface area contributed by atoms with Crippen molar-refractivity contribution in [1.82, 2.24) is 4.98 Å². The van der Waals surface area contributed by atoms with Gasteiger partial charge in [-0.05, 0) is 12.5 Å². The van der Waals surface area contributed by atoms with Crippen LogP contribution in [-0.2, 0) is 0 Å². The number of hydrogen-bond acceptors (Lipinski definition) is 1. The van der Waals surface area contributed by atoms with Gasteiger partial charge in [0.05, 0.1) is 10.5 Å². The minimum absolute atomic E-state index is 0.161. The molecule has 0 unspecified atom stereocenters. The lowest BCUT2D eigenvalue weighted by Gasteiger charge is -2.20. The number of hydrogen-bond donors (Lipinski definition) is 1. The zero-order valence-electron chi connectivity index (χ0n) is 10.3. The largest absolute Gasteiger partial charge is 0.359 e. The molecular formula is C14H16ClNO. The Hall–Kier alpha value is -1.28. The Morgan fingerprint density at radius 3 is 2.76 bits per heavy atom. The molecule has 1 aromatic carbocycles. The van der Waals surface area contributed by atoms with Gasteiger partial charge in [0.2, 0.25) is 0 Å². The minimum atomic E-state index is -0.336. The van der Waals surface area contributed by atoms with Crippen LogP contribution in [0.3, 0.4) is 0 Å². The molecule has 1 heterocycles. The Morgan fingerprint density at radius 2 is 2.12 bits per heavy atom. The number of nitrogens with one attached hydrogen (secondary N) is 1. The number of aromatic amines is 1. The van der Waals surface area contributed by atoms with Gasteiger partial charge in [0.25, 0.3) is 0 Å². The van der Waals surface area contributed by atoms with Crippen LogP contribution in [0.4, 0.5) is 0 Å². The van der Waals surface area contributed by atoms with Gasteiger partial charge in [0.1, 0.15) is 0 Å². The van der Waals surface area contributed by atoms with Crippen LogP contribution in [0.25, 0.3) is 10.9 Å². The van der Waals surface area contributed by atoms with Gasteiger partial charge >= 0.3 is 0 Å². The van der Waals surface area contributed by atoms with E-state index in [0.717, 1.165) is 22.9 Å². The third-order valence-electron chi connectivity index (χ3n) is 3.41. The Morgan fingerprint density at radius 1 is 1.41 bits per heavy atom. The van der Waals surface area contributed by atoms with Gasteiger partial charge < -0.3 is 4.98 Å². The van der Waals surface area contributed by atoms with Crippen molar-refractivity contribution >= 4 is 28.3 Å². The van der Waals surface area contributed by atoms with E-state index in [1.54, 1.807) is 6.20 Å². The lowest BCUT2D eigenvalue weighted by molar-refractivity contribution is 0.0835. The molecule has 0 saturated carbocycles. The van der Waals surface area contributed by atoms with Crippen molar-refractivity contribution in [1.29, 1.82) is 0 Å². The maximum absolute atomic E-state index is 12.4. The summed E-state index contributed by atoms with van der Waals surface area (Å²) in [6, 6.07) is 5.62. The SMILES string of the molecule is CCC(C)(C)C(=O)c1c[nH]c2c(Cl)cccc12. The van der Waals surface area contributed by atoms with Gasteiger partial charge in [-0.3, -0.25) is 4.79 Å². The van der Waals surface area contributed by atoms with E-state index in [0.29, 0.717) is 5.02 Å². The number of carbonyl (C=O) groups excluding carboxylic acids is 1. The first-order valence-electron chi connectivity index (χ1n) is 5.78. The molecular weight excluding hydrogens is 234 g/mol. The zero-order valence-corrected chi connectivity index (χ0v) is 11.1. The maximum atomic E-state index is 12.4. The van der Waals surface area contributed by atoms with Gasteiger partial charge in [0, 0.05) is 22.6 Å². The molecule has 0 spiro atoms. The van der Waals surface area contributed by atoms with Crippen LogP contribution in [0.2, 0.25) is 5.02 Å². The van der Waals surface area contributed by atoms with Gasteiger partial charge in [-0.15, -0.1) is 0 Å². The molecule has 17 heavy (non-hydrogen) atoms. The van der Waals surface area contributed by atoms with E-state index in [-0.39, 0.29) is 11.2 Å². The van der Waals surface area contributed by atoms with Crippen molar-refractivity contribution in [2.24, 2.45) is 5.41 Å². The maximum Gasteiger partial charge on any atom is 0.170 e. The van der Waals surface area contributed by atoms with Crippen LogP contribution in [-0.4, -0.2) is 10.8 Å². The quantitative estimate of drug-likeness (QED) is 0.802. The number of aromatic nitrogens is 1.